The van der Waals surface area contributed by atoms with Gasteiger partial charge in [0.05, 0.1) is 12.0 Å². The summed E-state index contributed by atoms with van der Waals surface area (Å²) < 4.78 is 0. The second kappa shape index (κ2) is 6.15. The lowest BCUT2D eigenvalue weighted by molar-refractivity contribution is -0.137. The Morgan fingerprint density at radius 1 is 1.25 bits per heavy atom. The Bertz CT molecular complexity index is 485. The minimum Gasteiger partial charge on any atom is -0.335 e. The molecule has 2 atom stereocenters. The van der Waals surface area contributed by atoms with Crippen molar-refractivity contribution < 1.29 is 4.79 Å². The molecule has 2 heterocycles. The number of hydrogen-bond donors (Lipinski definition) is 1. The third-order valence-corrected chi connectivity index (χ3v) is 4.79. The molecule has 0 saturated carbocycles. The predicted molar refractivity (Wildman–Crippen MR) is 80.7 cm³/mol. The molecule has 3 nitrogen and oxygen atoms in total. The average Bonchev–Trinajstić information content (AvgIpc) is 2.97. The summed E-state index contributed by atoms with van der Waals surface area (Å²) >= 11 is 6.31. The molecule has 2 aliphatic heterocycles. The van der Waals surface area contributed by atoms with Gasteiger partial charge < -0.3 is 10.2 Å². The van der Waals surface area contributed by atoms with E-state index >= 15 is 0 Å². The number of rotatable bonds is 2. The van der Waals surface area contributed by atoms with E-state index in [1.165, 1.54) is 0 Å². The number of carbonyl (C=O) groups is 1. The summed E-state index contributed by atoms with van der Waals surface area (Å²) in [5.74, 6) is 0.450. The number of hydrogen-bond acceptors (Lipinski definition) is 2. The number of halogens is 1. The van der Waals surface area contributed by atoms with Crippen LogP contribution in [0, 0.1) is 5.92 Å². The maximum absolute atomic E-state index is 12.7. The van der Waals surface area contributed by atoms with Gasteiger partial charge in [-0.3, -0.25) is 4.79 Å². The molecule has 1 N–H and O–H groups in total. The van der Waals surface area contributed by atoms with Crippen LogP contribution in [0.2, 0.25) is 5.02 Å². The molecule has 4 heteroatoms. The fraction of sp³-hybridized carbons (Fsp3) is 0.562. The van der Waals surface area contributed by atoms with Crippen LogP contribution in [0.25, 0.3) is 0 Å². The van der Waals surface area contributed by atoms with Crippen molar-refractivity contribution in [3.05, 3.63) is 34.9 Å². The standard InChI is InChI=1S/C16H21ClN2O/c17-14-7-2-1-6-13(14)15-8-4-10-19(15)16(20)12-5-3-9-18-11-12/h1-2,6-7,12,15,18H,3-5,8-11H2/t12-,15?/m1/s1. The molecule has 1 unspecified atom stereocenters. The third kappa shape index (κ3) is 2.70. The lowest BCUT2D eigenvalue weighted by Crippen LogP contribution is -2.42. The lowest BCUT2D eigenvalue weighted by atomic mass is 9.96. The van der Waals surface area contributed by atoms with Gasteiger partial charge in [0.25, 0.3) is 0 Å². The van der Waals surface area contributed by atoms with Crippen molar-refractivity contribution in [1.82, 2.24) is 10.2 Å². The van der Waals surface area contributed by atoms with Crippen LogP contribution >= 0.6 is 11.6 Å². The highest BCUT2D eigenvalue weighted by Gasteiger charge is 2.34. The van der Waals surface area contributed by atoms with Crippen molar-refractivity contribution in [1.29, 1.82) is 0 Å². The smallest absolute Gasteiger partial charge is 0.227 e. The maximum Gasteiger partial charge on any atom is 0.227 e. The van der Waals surface area contributed by atoms with Crippen molar-refractivity contribution in [3.8, 4) is 0 Å². The fourth-order valence-corrected chi connectivity index (χ4v) is 3.66. The fourth-order valence-electron chi connectivity index (χ4n) is 3.40. The highest BCUT2D eigenvalue weighted by molar-refractivity contribution is 6.31. The van der Waals surface area contributed by atoms with E-state index in [0.717, 1.165) is 55.9 Å². The Hall–Kier alpha value is -1.06. The highest BCUT2D eigenvalue weighted by atomic mass is 35.5. The number of amides is 1. The molecule has 0 spiro atoms. The molecule has 2 saturated heterocycles. The Labute approximate surface area is 125 Å². The second-order valence-corrected chi connectivity index (χ2v) is 6.16. The molecule has 2 aliphatic rings. The van der Waals surface area contributed by atoms with Crippen LogP contribution in [0.15, 0.2) is 24.3 Å². The molecule has 1 aromatic carbocycles. The number of likely N-dealkylation sites (tertiary alicyclic amines) is 1. The summed E-state index contributed by atoms with van der Waals surface area (Å²) in [6.07, 6.45) is 4.20. The van der Waals surface area contributed by atoms with Crippen LogP contribution in [-0.4, -0.2) is 30.4 Å². The van der Waals surface area contributed by atoms with Gasteiger partial charge in [0.15, 0.2) is 0 Å². The number of carbonyl (C=O) groups excluding carboxylic acids is 1. The Morgan fingerprint density at radius 3 is 2.85 bits per heavy atom. The Morgan fingerprint density at radius 2 is 2.10 bits per heavy atom. The van der Waals surface area contributed by atoms with Crippen LogP contribution in [0.1, 0.15) is 37.3 Å². The van der Waals surface area contributed by atoms with Crippen molar-refractivity contribution in [2.75, 3.05) is 19.6 Å². The minimum absolute atomic E-state index is 0.145. The van der Waals surface area contributed by atoms with Gasteiger partial charge in [-0.05, 0) is 43.9 Å². The quantitative estimate of drug-likeness (QED) is 0.909. The van der Waals surface area contributed by atoms with Crippen LogP contribution in [0.3, 0.4) is 0 Å². The summed E-state index contributed by atoms with van der Waals surface area (Å²) in [4.78, 5) is 14.8. The zero-order valence-corrected chi connectivity index (χ0v) is 12.4. The first-order chi connectivity index (χ1) is 9.77. The minimum atomic E-state index is 0.145. The first-order valence-corrected chi connectivity index (χ1v) is 7.91. The summed E-state index contributed by atoms with van der Waals surface area (Å²) in [5, 5.41) is 4.11. The molecular weight excluding hydrogens is 272 g/mol. The summed E-state index contributed by atoms with van der Waals surface area (Å²) in [6.45, 7) is 2.73. The number of benzene rings is 1. The van der Waals surface area contributed by atoms with E-state index in [1.54, 1.807) is 0 Å². The molecule has 2 fully saturated rings. The van der Waals surface area contributed by atoms with E-state index in [-0.39, 0.29) is 12.0 Å². The zero-order chi connectivity index (χ0) is 13.9. The lowest BCUT2D eigenvalue weighted by Gasteiger charge is -2.31. The monoisotopic (exact) mass is 292 g/mol. The molecule has 0 aliphatic carbocycles. The van der Waals surface area contributed by atoms with Crippen molar-refractivity contribution in [2.24, 2.45) is 5.92 Å². The normalized spacial score (nSPS) is 26.8. The largest absolute Gasteiger partial charge is 0.335 e. The molecular formula is C16H21ClN2O. The van der Waals surface area contributed by atoms with Gasteiger partial charge in [0.2, 0.25) is 5.91 Å². The van der Waals surface area contributed by atoms with Crippen molar-refractivity contribution in [2.45, 2.75) is 31.7 Å². The van der Waals surface area contributed by atoms with E-state index in [9.17, 15) is 4.79 Å². The first-order valence-electron chi connectivity index (χ1n) is 7.53. The SMILES string of the molecule is O=C([C@@H]1CCCNC1)N1CCCC1c1ccccc1Cl. The predicted octanol–water partition coefficient (Wildman–Crippen LogP) is 3.00. The van der Waals surface area contributed by atoms with Gasteiger partial charge in [-0.2, -0.15) is 0 Å². The Balaban J connectivity index is 1.78. The van der Waals surface area contributed by atoms with Gasteiger partial charge in [-0.25, -0.2) is 0 Å². The molecule has 108 valence electrons. The molecule has 3 rings (SSSR count). The van der Waals surface area contributed by atoms with E-state index in [1.807, 2.05) is 18.2 Å². The number of nitrogens with zero attached hydrogens (tertiary/aromatic N) is 1. The van der Waals surface area contributed by atoms with E-state index in [0.29, 0.717) is 5.91 Å². The second-order valence-electron chi connectivity index (χ2n) is 5.75. The van der Waals surface area contributed by atoms with Crippen LogP contribution < -0.4 is 5.32 Å². The van der Waals surface area contributed by atoms with Crippen molar-refractivity contribution >= 4 is 17.5 Å². The summed E-state index contributed by atoms with van der Waals surface area (Å²) in [6, 6.07) is 8.08. The molecule has 1 aromatic rings. The molecule has 0 radical (unpaired) electrons. The van der Waals surface area contributed by atoms with Crippen molar-refractivity contribution in [3.63, 3.8) is 0 Å². The van der Waals surface area contributed by atoms with Gasteiger partial charge in [0.1, 0.15) is 0 Å². The van der Waals surface area contributed by atoms with Gasteiger partial charge in [-0.1, -0.05) is 29.8 Å². The topological polar surface area (TPSA) is 32.3 Å². The number of nitrogens with one attached hydrogen (secondary N) is 1. The summed E-state index contributed by atoms with van der Waals surface area (Å²) in [5.41, 5.74) is 1.10. The molecule has 20 heavy (non-hydrogen) atoms. The zero-order valence-electron chi connectivity index (χ0n) is 11.6. The van der Waals surface area contributed by atoms with Gasteiger partial charge in [-0.15, -0.1) is 0 Å². The molecule has 1 amide bonds. The van der Waals surface area contributed by atoms with Crippen LogP contribution in [-0.2, 0) is 4.79 Å². The molecule has 0 bridgehead atoms. The van der Waals surface area contributed by atoms with Gasteiger partial charge in [0, 0.05) is 18.1 Å². The molecule has 0 aromatic heterocycles. The third-order valence-electron chi connectivity index (χ3n) is 4.45. The van der Waals surface area contributed by atoms with E-state index in [2.05, 4.69) is 16.3 Å². The van der Waals surface area contributed by atoms with Crippen LogP contribution in [0.5, 0.6) is 0 Å². The highest BCUT2D eigenvalue weighted by Crippen LogP contribution is 2.36. The maximum atomic E-state index is 12.7. The average molecular weight is 293 g/mol. The summed E-state index contributed by atoms with van der Waals surface area (Å²) in [7, 11) is 0. The van der Waals surface area contributed by atoms with E-state index < -0.39 is 0 Å². The number of piperidine rings is 1. The van der Waals surface area contributed by atoms with E-state index in [4.69, 9.17) is 11.6 Å². The Kier molecular flexibility index (Phi) is 4.27. The van der Waals surface area contributed by atoms with Crippen LogP contribution in [0.4, 0.5) is 0 Å². The van der Waals surface area contributed by atoms with Gasteiger partial charge >= 0.3 is 0 Å². The first kappa shape index (κ1) is 13.9.